The summed E-state index contributed by atoms with van der Waals surface area (Å²) < 4.78 is 0. The van der Waals surface area contributed by atoms with E-state index in [4.69, 9.17) is 28.5 Å². The Labute approximate surface area is 104 Å². The summed E-state index contributed by atoms with van der Waals surface area (Å²) in [5.74, 6) is -0.620. The molecule has 0 aliphatic heterocycles. The van der Waals surface area contributed by atoms with Gasteiger partial charge in [-0.25, -0.2) is 0 Å². The van der Waals surface area contributed by atoms with Crippen molar-refractivity contribution in [3.05, 3.63) is 28.2 Å². The van der Waals surface area contributed by atoms with Crippen LogP contribution in [0.3, 0.4) is 0 Å². The Hall–Kier alpha value is -1.24. The van der Waals surface area contributed by atoms with Crippen molar-refractivity contribution in [2.45, 2.75) is 13.3 Å². The van der Waals surface area contributed by atoms with Gasteiger partial charge in [-0.15, -0.1) is 0 Å². The quantitative estimate of drug-likeness (QED) is 0.901. The number of anilines is 1. The summed E-state index contributed by atoms with van der Waals surface area (Å²) in [7, 11) is 0. The number of benzene rings is 1. The summed E-state index contributed by atoms with van der Waals surface area (Å²) in [6.07, 6.45) is 0.171. The zero-order valence-corrected chi connectivity index (χ0v) is 10.1. The molecule has 0 spiro atoms. The SMILES string of the molecule is CC(CC#N)C(=O)Nc1cccc(Cl)c1Cl. The molecule has 1 aromatic carbocycles. The molecule has 84 valence electrons. The number of nitriles is 1. The number of carbonyl (C=O) groups is 1. The van der Waals surface area contributed by atoms with Gasteiger partial charge < -0.3 is 5.32 Å². The first-order chi connectivity index (χ1) is 7.56. The Morgan fingerprint density at radius 2 is 2.25 bits per heavy atom. The Balaban J connectivity index is 2.78. The topological polar surface area (TPSA) is 52.9 Å². The molecule has 1 amide bonds. The average molecular weight is 257 g/mol. The number of rotatable bonds is 3. The van der Waals surface area contributed by atoms with E-state index in [1.54, 1.807) is 25.1 Å². The molecule has 1 unspecified atom stereocenters. The summed E-state index contributed by atoms with van der Waals surface area (Å²) in [5.41, 5.74) is 0.462. The van der Waals surface area contributed by atoms with Gasteiger partial charge in [-0.2, -0.15) is 5.26 Å². The van der Waals surface area contributed by atoms with E-state index in [1.165, 1.54) is 0 Å². The van der Waals surface area contributed by atoms with E-state index in [9.17, 15) is 4.79 Å². The van der Waals surface area contributed by atoms with Crippen LogP contribution in [0, 0.1) is 17.2 Å². The molecule has 0 aromatic heterocycles. The number of nitrogens with zero attached hydrogens (tertiary/aromatic N) is 1. The van der Waals surface area contributed by atoms with Crippen LogP contribution < -0.4 is 5.32 Å². The van der Waals surface area contributed by atoms with Gasteiger partial charge in [-0.1, -0.05) is 36.2 Å². The molecule has 16 heavy (non-hydrogen) atoms. The third kappa shape index (κ3) is 3.13. The monoisotopic (exact) mass is 256 g/mol. The van der Waals surface area contributed by atoms with Crippen molar-refractivity contribution >= 4 is 34.8 Å². The number of hydrogen-bond acceptors (Lipinski definition) is 2. The lowest BCUT2D eigenvalue weighted by Crippen LogP contribution is -2.20. The molecule has 0 heterocycles. The van der Waals surface area contributed by atoms with E-state index >= 15 is 0 Å². The number of halogens is 2. The molecule has 0 saturated heterocycles. The third-order valence-electron chi connectivity index (χ3n) is 2.05. The molecule has 0 aliphatic carbocycles. The molecule has 3 nitrogen and oxygen atoms in total. The molecular weight excluding hydrogens is 247 g/mol. The summed E-state index contributed by atoms with van der Waals surface area (Å²) in [4.78, 5) is 11.6. The van der Waals surface area contributed by atoms with Gasteiger partial charge in [0.15, 0.2) is 0 Å². The number of carbonyl (C=O) groups excluding carboxylic acids is 1. The third-order valence-corrected chi connectivity index (χ3v) is 2.87. The van der Waals surface area contributed by atoms with Crippen molar-refractivity contribution in [3.8, 4) is 6.07 Å². The summed E-state index contributed by atoms with van der Waals surface area (Å²) in [6.45, 7) is 1.68. The summed E-state index contributed by atoms with van der Waals surface area (Å²) in [5, 5.41) is 11.8. The van der Waals surface area contributed by atoms with Gasteiger partial charge in [0.2, 0.25) is 5.91 Å². The highest BCUT2D eigenvalue weighted by molar-refractivity contribution is 6.43. The van der Waals surface area contributed by atoms with Crippen molar-refractivity contribution in [2.24, 2.45) is 5.92 Å². The predicted octanol–water partition coefficient (Wildman–Crippen LogP) is 3.48. The lowest BCUT2D eigenvalue weighted by atomic mass is 10.1. The Kier molecular flexibility index (Phi) is 4.60. The molecule has 0 bridgehead atoms. The van der Waals surface area contributed by atoms with Crippen LogP contribution in [-0.2, 0) is 4.79 Å². The number of amides is 1. The van der Waals surface area contributed by atoms with Crippen LogP contribution in [0.25, 0.3) is 0 Å². The molecule has 0 fully saturated rings. The van der Waals surface area contributed by atoms with E-state index in [0.29, 0.717) is 15.7 Å². The van der Waals surface area contributed by atoms with E-state index < -0.39 is 0 Å². The average Bonchev–Trinajstić information content (AvgIpc) is 2.25. The van der Waals surface area contributed by atoms with Gasteiger partial charge >= 0.3 is 0 Å². The minimum Gasteiger partial charge on any atom is -0.324 e. The van der Waals surface area contributed by atoms with E-state index in [1.807, 2.05) is 6.07 Å². The second-order valence-corrected chi connectivity index (χ2v) is 4.14. The van der Waals surface area contributed by atoms with Gasteiger partial charge in [0.05, 0.1) is 21.8 Å². The van der Waals surface area contributed by atoms with Crippen LogP contribution in [0.2, 0.25) is 10.0 Å². The van der Waals surface area contributed by atoms with Gasteiger partial charge in [-0.05, 0) is 12.1 Å². The van der Waals surface area contributed by atoms with Gasteiger partial charge in [0.1, 0.15) is 0 Å². The zero-order chi connectivity index (χ0) is 12.1. The molecule has 0 saturated carbocycles. The molecule has 0 aliphatic rings. The normalized spacial score (nSPS) is 11.6. The highest BCUT2D eigenvalue weighted by atomic mass is 35.5. The maximum Gasteiger partial charge on any atom is 0.228 e. The summed E-state index contributed by atoms with van der Waals surface area (Å²) >= 11 is 11.7. The minimum absolute atomic E-state index is 0.171. The number of hydrogen-bond donors (Lipinski definition) is 1. The first-order valence-electron chi connectivity index (χ1n) is 4.68. The standard InChI is InChI=1S/C11H10Cl2N2O/c1-7(5-6-14)11(16)15-9-4-2-3-8(12)10(9)13/h2-4,7H,5H2,1H3,(H,15,16). The second kappa shape index (κ2) is 5.74. The molecular formula is C11H10Cl2N2O. The van der Waals surface area contributed by atoms with Gasteiger partial charge in [-0.3, -0.25) is 4.79 Å². The van der Waals surface area contributed by atoms with Crippen molar-refractivity contribution in [3.63, 3.8) is 0 Å². The molecule has 5 heteroatoms. The summed E-state index contributed by atoms with van der Waals surface area (Å²) in [6, 6.07) is 6.93. The highest BCUT2D eigenvalue weighted by Gasteiger charge is 2.14. The van der Waals surface area contributed by atoms with E-state index in [-0.39, 0.29) is 18.2 Å². The van der Waals surface area contributed by atoms with E-state index in [0.717, 1.165) is 0 Å². The molecule has 1 rings (SSSR count). The predicted molar refractivity (Wildman–Crippen MR) is 64.5 cm³/mol. The Morgan fingerprint density at radius 1 is 1.56 bits per heavy atom. The lowest BCUT2D eigenvalue weighted by molar-refractivity contribution is -0.119. The molecule has 0 radical (unpaired) electrons. The van der Waals surface area contributed by atoms with Crippen molar-refractivity contribution in [2.75, 3.05) is 5.32 Å². The maximum absolute atomic E-state index is 11.6. The smallest absolute Gasteiger partial charge is 0.228 e. The molecule has 1 aromatic rings. The Bertz CT molecular complexity index is 440. The number of nitrogens with one attached hydrogen (secondary N) is 1. The van der Waals surface area contributed by atoms with Crippen LogP contribution >= 0.6 is 23.2 Å². The van der Waals surface area contributed by atoms with Crippen LogP contribution in [0.15, 0.2) is 18.2 Å². The first-order valence-corrected chi connectivity index (χ1v) is 5.43. The van der Waals surface area contributed by atoms with Crippen molar-refractivity contribution in [1.82, 2.24) is 0 Å². The van der Waals surface area contributed by atoms with Crippen LogP contribution in [0.5, 0.6) is 0 Å². The fourth-order valence-corrected chi connectivity index (χ4v) is 1.43. The Morgan fingerprint density at radius 3 is 2.88 bits per heavy atom. The molecule has 1 N–H and O–H groups in total. The first kappa shape index (κ1) is 12.8. The van der Waals surface area contributed by atoms with Crippen LogP contribution in [0.1, 0.15) is 13.3 Å². The van der Waals surface area contributed by atoms with Gasteiger partial charge in [0, 0.05) is 12.3 Å². The molecule has 1 atom stereocenters. The van der Waals surface area contributed by atoms with E-state index in [2.05, 4.69) is 5.32 Å². The minimum atomic E-state index is -0.375. The largest absolute Gasteiger partial charge is 0.324 e. The van der Waals surface area contributed by atoms with Crippen LogP contribution in [-0.4, -0.2) is 5.91 Å². The van der Waals surface area contributed by atoms with Crippen molar-refractivity contribution in [1.29, 1.82) is 5.26 Å². The van der Waals surface area contributed by atoms with Gasteiger partial charge in [0.25, 0.3) is 0 Å². The van der Waals surface area contributed by atoms with Crippen LogP contribution in [0.4, 0.5) is 5.69 Å². The zero-order valence-electron chi connectivity index (χ0n) is 8.63. The highest BCUT2D eigenvalue weighted by Crippen LogP contribution is 2.29. The maximum atomic E-state index is 11.6. The van der Waals surface area contributed by atoms with Crippen molar-refractivity contribution < 1.29 is 4.79 Å². The fraction of sp³-hybridized carbons (Fsp3) is 0.273. The lowest BCUT2D eigenvalue weighted by Gasteiger charge is -2.10. The second-order valence-electron chi connectivity index (χ2n) is 3.35. The fourth-order valence-electron chi connectivity index (χ4n) is 1.09.